The van der Waals surface area contributed by atoms with E-state index in [2.05, 4.69) is 15.3 Å². The molecule has 1 aliphatic rings. The minimum atomic E-state index is -4.84. The van der Waals surface area contributed by atoms with Crippen LogP contribution in [-0.4, -0.2) is 54.6 Å². The molecule has 40 heavy (non-hydrogen) atoms. The number of ether oxygens (including phenoxy) is 2. The number of hydrogen-bond acceptors (Lipinski definition) is 6. The molecule has 12 heteroatoms. The minimum absolute atomic E-state index is 0.186. The molecule has 3 aromatic rings. The van der Waals surface area contributed by atoms with Gasteiger partial charge in [-0.05, 0) is 47.0 Å². The maximum Gasteiger partial charge on any atom is 0.419 e. The maximum absolute atomic E-state index is 14.8. The summed E-state index contributed by atoms with van der Waals surface area (Å²) in [7, 11) is 5.07. The molecule has 2 aromatic carbocycles. The monoisotopic (exact) mass is 570 g/mol. The lowest BCUT2D eigenvalue weighted by atomic mass is 9.62. The third-order valence-electron chi connectivity index (χ3n) is 7.27. The van der Waals surface area contributed by atoms with Crippen LogP contribution in [0.4, 0.5) is 32.2 Å². The van der Waals surface area contributed by atoms with Crippen molar-refractivity contribution in [1.29, 1.82) is 0 Å². The lowest BCUT2D eigenvalue weighted by Gasteiger charge is -2.51. The largest absolute Gasteiger partial charge is 0.493 e. The predicted molar refractivity (Wildman–Crippen MR) is 140 cm³/mol. The van der Waals surface area contributed by atoms with Crippen molar-refractivity contribution >= 4 is 16.7 Å². The van der Waals surface area contributed by atoms with E-state index >= 15 is 0 Å². The molecular weight excluding hydrogens is 538 g/mol. The summed E-state index contributed by atoms with van der Waals surface area (Å²) in [4.78, 5) is 10.7. The second-order valence-corrected chi connectivity index (χ2v) is 10.8. The first-order valence-electron chi connectivity index (χ1n) is 12.7. The van der Waals surface area contributed by atoms with Crippen LogP contribution in [0.5, 0.6) is 11.5 Å². The molecule has 1 saturated carbocycles. The zero-order valence-electron chi connectivity index (χ0n) is 23.1. The Balaban J connectivity index is 1.71. The fraction of sp³-hybridized carbons (Fsp3) is 0.500. The summed E-state index contributed by atoms with van der Waals surface area (Å²) in [6.45, 7) is 5.30. The number of aryl methyl sites for hydroxylation is 1. The van der Waals surface area contributed by atoms with Crippen molar-refractivity contribution in [3.63, 3.8) is 0 Å². The lowest BCUT2D eigenvalue weighted by molar-refractivity contribution is -0.196. The van der Waals surface area contributed by atoms with E-state index < -0.39 is 41.0 Å². The summed E-state index contributed by atoms with van der Waals surface area (Å²) < 4.78 is 94.4. The van der Waals surface area contributed by atoms with E-state index in [4.69, 9.17) is 9.47 Å². The molecular formula is C28H32F6N4O2. The number of aromatic nitrogens is 2. The Kier molecular flexibility index (Phi) is 7.87. The summed E-state index contributed by atoms with van der Waals surface area (Å²) in [5.41, 5.74) is -1.88. The van der Waals surface area contributed by atoms with Gasteiger partial charge in [0.1, 0.15) is 23.6 Å². The molecule has 0 amide bonds. The number of benzene rings is 2. The van der Waals surface area contributed by atoms with Gasteiger partial charge in [-0.3, -0.25) is 0 Å². The summed E-state index contributed by atoms with van der Waals surface area (Å²) in [6, 6.07) is 5.42. The summed E-state index contributed by atoms with van der Waals surface area (Å²) >= 11 is 0. The summed E-state index contributed by atoms with van der Waals surface area (Å²) in [5.74, 6) is -2.94. The minimum Gasteiger partial charge on any atom is -0.493 e. The van der Waals surface area contributed by atoms with Crippen LogP contribution in [0.2, 0.25) is 0 Å². The Bertz CT molecular complexity index is 1380. The Labute approximate surface area is 228 Å². The highest BCUT2D eigenvalue weighted by atomic mass is 19.4. The van der Waals surface area contributed by atoms with Crippen molar-refractivity contribution in [1.82, 2.24) is 14.9 Å². The SMILES string of the molecule is COc1cc2nc(C)nc(N[C@H](C)c3cccc(C(F)(F)F)c3F)c2cc1O[C@@H](C)C1(CN(C)C)CC(F)(F)C1. The van der Waals surface area contributed by atoms with Gasteiger partial charge < -0.3 is 19.7 Å². The molecule has 0 radical (unpaired) electrons. The highest BCUT2D eigenvalue weighted by molar-refractivity contribution is 5.92. The molecule has 0 saturated heterocycles. The highest BCUT2D eigenvalue weighted by Crippen LogP contribution is 2.55. The third-order valence-corrected chi connectivity index (χ3v) is 7.27. The normalized spacial score (nSPS) is 17.8. The Morgan fingerprint density at radius 1 is 1.07 bits per heavy atom. The number of anilines is 1. The first kappa shape index (κ1) is 29.7. The topological polar surface area (TPSA) is 59.5 Å². The van der Waals surface area contributed by atoms with Crippen molar-refractivity contribution in [3.05, 3.63) is 53.1 Å². The van der Waals surface area contributed by atoms with Gasteiger partial charge in [0.05, 0.1) is 24.2 Å². The summed E-state index contributed by atoms with van der Waals surface area (Å²) in [5, 5.41) is 3.45. The molecule has 4 rings (SSSR count). The van der Waals surface area contributed by atoms with Gasteiger partial charge in [-0.1, -0.05) is 12.1 Å². The number of nitrogens with one attached hydrogen (secondary N) is 1. The van der Waals surface area contributed by atoms with Crippen LogP contribution in [0, 0.1) is 18.2 Å². The number of halogens is 6. The van der Waals surface area contributed by atoms with Crippen LogP contribution in [-0.2, 0) is 6.18 Å². The molecule has 0 aliphatic heterocycles. The molecule has 1 fully saturated rings. The van der Waals surface area contributed by atoms with Gasteiger partial charge in [0, 0.05) is 41.8 Å². The number of fused-ring (bicyclic) bond motifs is 1. The van der Waals surface area contributed by atoms with Crippen LogP contribution in [0.3, 0.4) is 0 Å². The van der Waals surface area contributed by atoms with Crippen LogP contribution in [0.15, 0.2) is 30.3 Å². The molecule has 1 aromatic heterocycles. The van der Waals surface area contributed by atoms with Crippen molar-refractivity contribution in [2.24, 2.45) is 5.41 Å². The van der Waals surface area contributed by atoms with E-state index in [1.165, 1.54) is 20.1 Å². The van der Waals surface area contributed by atoms with Crippen LogP contribution >= 0.6 is 0 Å². The van der Waals surface area contributed by atoms with Gasteiger partial charge >= 0.3 is 6.18 Å². The standard InChI is InChI=1S/C28H32F6N4O2/c1-15(18-8-7-9-20(24(18)29)28(32,33)34)35-25-19-10-23(22(39-6)11-21(19)36-17(3)37-25)40-16(2)26(14-38(4)5)12-27(30,31)13-26/h7-11,15-16H,12-14H2,1-6H3,(H,35,36,37)/t15-,16+/m1/s1. The predicted octanol–water partition coefficient (Wildman–Crippen LogP) is 7.02. The highest BCUT2D eigenvalue weighted by Gasteiger charge is 2.60. The van der Waals surface area contributed by atoms with Gasteiger partial charge in [-0.15, -0.1) is 0 Å². The molecule has 2 atom stereocenters. The van der Waals surface area contributed by atoms with Gasteiger partial charge in [-0.25, -0.2) is 23.1 Å². The summed E-state index contributed by atoms with van der Waals surface area (Å²) in [6.07, 6.45) is -6.08. The number of hydrogen-bond donors (Lipinski definition) is 1. The fourth-order valence-corrected chi connectivity index (χ4v) is 5.45. The molecule has 218 valence electrons. The maximum atomic E-state index is 14.8. The van der Waals surface area contributed by atoms with Gasteiger partial charge in [0.25, 0.3) is 0 Å². The number of rotatable bonds is 9. The number of alkyl halides is 5. The quantitative estimate of drug-likeness (QED) is 0.279. The number of methoxy groups -OCH3 is 1. The van der Waals surface area contributed by atoms with E-state index in [1.54, 1.807) is 26.0 Å². The number of nitrogens with zero attached hydrogens (tertiary/aromatic N) is 3. The van der Waals surface area contributed by atoms with E-state index in [9.17, 15) is 26.3 Å². The second kappa shape index (κ2) is 10.6. The molecule has 6 nitrogen and oxygen atoms in total. The molecule has 1 N–H and O–H groups in total. The molecule has 0 bridgehead atoms. The average Bonchev–Trinajstić information content (AvgIpc) is 2.81. The Hall–Kier alpha value is -3.28. The van der Waals surface area contributed by atoms with Crippen molar-refractivity contribution < 1.29 is 35.8 Å². The first-order valence-corrected chi connectivity index (χ1v) is 12.7. The van der Waals surface area contributed by atoms with E-state index in [-0.39, 0.29) is 30.0 Å². The van der Waals surface area contributed by atoms with Crippen LogP contribution in [0.25, 0.3) is 10.9 Å². The Morgan fingerprint density at radius 2 is 1.75 bits per heavy atom. The van der Waals surface area contributed by atoms with Crippen molar-refractivity contribution in [2.45, 2.75) is 57.9 Å². The smallest absolute Gasteiger partial charge is 0.419 e. The van der Waals surface area contributed by atoms with Gasteiger partial charge in [0.15, 0.2) is 11.5 Å². The van der Waals surface area contributed by atoms with Crippen molar-refractivity contribution in [3.8, 4) is 11.5 Å². The molecule has 1 heterocycles. The van der Waals surface area contributed by atoms with Crippen LogP contribution in [0.1, 0.15) is 49.7 Å². The zero-order chi connectivity index (χ0) is 29.6. The molecule has 0 unspecified atom stereocenters. The van der Waals surface area contributed by atoms with E-state index in [0.29, 0.717) is 35.1 Å². The van der Waals surface area contributed by atoms with Gasteiger partial charge in [0.2, 0.25) is 5.92 Å². The first-order chi connectivity index (χ1) is 18.5. The average molecular weight is 571 g/mol. The lowest BCUT2D eigenvalue weighted by Crippen LogP contribution is -2.58. The second-order valence-electron chi connectivity index (χ2n) is 10.8. The Morgan fingerprint density at radius 3 is 2.33 bits per heavy atom. The van der Waals surface area contributed by atoms with E-state index in [1.807, 2.05) is 19.0 Å². The molecule has 1 aliphatic carbocycles. The third kappa shape index (κ3) is 5.91. The fourth-order valence-electron chi connectivity index (χ4n) is 5.45. The van der Waals surface area contributed by atoms with Crippen LogP contribution < -0.4 is 14.8 Å². The van der Waals surface area contributed by atoms with Crippen molar-refractivity contribution in [2.75, 3.05) is 33.1 Å². The van der Waals surface area contributed by atoms with E-state index in [0.717, 1.165) is 6.07 Å². The zero-order valence-corrected chi connectivity index (χ0v) is 23.1. The van der Waals surface area contributed by atoms with Gasteiger partial charge in [-0.2, -0.15) is 13.2 Å². The molecule has 0 spiro atoms.